The third-order valence-corrected chi connectivity index (χ3v) is 7.15. The third kappa shape index (κ3) is 4.05. The van der Waals surface area contributed by atoms with Gasteiger partial charge in [-0.2, -0.15) is 0 Å². The quantitative estimate of drug-likeness (QED) is 0.834. The zero-order valence-electron chi connectivity index (χ0n) is 16.2. The van der Waals surface area contributed by atoms with Crippen LogP contribution in [-0.2, 0) is 10.0 Å². The first kappa shape index (κ1) is 20.4. The van der Waals surface area contributed by atoms with Crippen molar-refractivity contribution >= 4 is 21.6 Å². The number of rotatable bonds is 5. The lowest BCUT2D eigenvalue weighted by Crippen LogP contribution is -2.46. The van der Waals surface area contributed by atoms with Gasteiger partial charge in [0.25, 0.3) is 15.9 Å². The number of sulfonamides is 1. The number of carbonyl (C=O) groups excluding carboxylic acids is 1. The molecule has 7 heteroatoms. The SMILES string of the molecule is CN(C(=O)c1cccc(S(=O)(=O)N(C)c2ccccc2)c1)[C@H]1CCCC[C@@H]1O. The number of amides is 1. The molecule has 0 aliphatic heterocycles. The van der Waals surface area contributed by atoms with E-state index in [9.17, 15) is 18.3 Å². The Bertz CT molecular complexity index is 930. The number of hydrogen-bond donors (Lipinski definition) is 1. The van der Waals surface area contributed by atoms with Crippen molar-refractivity contribution in [3.8, 4) is 0 Å². The Balaban J connectivity index is 1.86. The highest BCUT2D eigenvalue weighted by Crippen LogP contribution is 2.25. The van der Waals surface area contributed by atoms with Crippen molar-refractivity contribution in [2.45, 2.75) is 42.7 Å². The van der Waals surface area contributed by atoms with Gasteiger partial charge >= 0.3 is 0 Å². The molecule has 1 aliphatic carbocycles. The highest BCUT2D eigenvalue weighted by Gasteiger charge is 2.30. The standard InChI is InChI=1S/C21H26N2O4S/c1-22(19-13-6-7-14-20(19)24)21(25)16-9-8-12-18(15-16)28(26,27)23(2)17-10-4-3-5-11-17/h3-5,8-12,15,19-20,24H,6-7,13-14H2,1-2H3/t19-,20-/m0/s1. The summed E-state index contributed by atoms with van der Waals surface area (Å²) < 4.78 is 27.2. The number of benzene rings is 2. The van der Waals surface area contributed by atoms with Gasteiger partial charge in [-0.1, -0.05) is 37.1 Å². The van der Waals surface area contributed by atoms with Gasteiger partial charge in [0.2, 0.25) is 0 Å². The number of para-hydroxylation sites is 1. The Kier molecular flexibility index (Phi) is 6.05. The molecule has 150 valence electrons. The van der Waals surface area contributed by atoms with E-state index in [-0.39, 0.29) is 16.8 Å². The monoisotopic (exact) mass is 402 g/mol. The van der Waals surface area contributed by atoms with Gasteiger partial charge in [-0.05, 0) is 43.2 Å². The van der Waals surface area contributed by atoms with E-state index < -0.39 is 16.1 Å². The zero-order chi connectivity index (χ0) is 20.3. The molecule has 2 aromatic carbocycles. The van der Waals surface area contributed by atoms with Crippen molar-refractivity contribution in [3.05, 3.63) is 60.2 Å². The van der Waals surface area contributed by atoms with Crippen LogP contribution in [0.25, 0.3) is 0 Å². The Morgan fingerprint density at radius 1 is 1.00 bits per heavy atom. The van der Waals surface area contributed by atoms with Gasteiger partial charge in [0, 0.05) is 19.7 Å². The zero-order valence-corrected chi connectivity index (χ0v) is 17.0. The van der Waals surface area contributed by atoms with E-state index in [0.29, 0.717) is 17.7 Å². The Hall–Kier alpha value is -2.38. The molecule has 1 aliphatic rings. The van der Waals surface area contributed by atoms with E-state index >= 15 is 0 Å². The number of nitrogens with zero attached hydrogens (tertiary/aromatic N) is 2. The van der Waals surface area contributed by atoms with E-state index in [2.05, 4.69) is 0 Å². The summed E-state index contributed by atoms with van der Waals surface area (Å²) >= 11 is 0. The molecule has 0 unspecified atom stereocenters. The van der Waals surface area contributed by atoms with Crippen LogP contribution >= 0.6 is 0 Å². The van der Waals surface area contributed by atoms with Gasteiger partial charge in [-0.25, -0.2) is 8.42 Å². The minimum absolute atomic E-state index is 0.0577. The number of likely N-dealkylation sites (N-methyl/N-ethyl adjacent to an activating group) is 1. The van der Waals surface area contributed by atoms with Crippen LogP contribution in [0.2, 0.25) is 0 Å². The molecule has 3 rings (SSSR count). The fraction of sp³-hybridized carbons (Fsp3) is 0.381. The van der Waals surface area contributed by atoms with Crippen molar-refractivity contribution < 1.29 is 18.3 Å². The second kappa shape index (κ2) is 8.32. The van der Waals surface area contributed by atoms with Crippen LogP contribution < -0.4 is 4.31 Å². The fourth-order valence-corrected chi connectivity index (χ4v) is 4.86. The molecule has 1 N–H and O–H groups in total. The molecule has 0 aromatic heterocycles. The second-order valence-electron chi connectivity index (χ2n) is 7.17. The minimum atomic E-state index is -3.80. The minimum Gasteiger partial charge on any atom is -0.391 e. The molecular formula is C21H26N2O4S. The molecule has 0 bridgehead atoms. The Labute approximate surface area is 166 Å². The molecule has 1 amide bonds. The number of carbonyl (C=O) groups is 1. The first-order valence-corrected chi connectivity index (χ1v) is 10.9. The summed E-state index contributed by atoms with van der Waals surface area (Å²) in [4.78, 5) is 14.5. The van der Waals surface area contributed by atoms with Crippen LogP contribution in [0.4, 0.5) is 5.69 Å². The summed E-state index contributed by atoms with van der Waals surface area (Å²) in [5, 5.41) is 10.2. The van der Waals surface area contributed by atoms with Crippen molar-refractivity contribution in [2.75, 3.05) is 18.4 Å². The molecule has 0 saturated heterocycles. The molecule has 1 saturated carbocycles. The largest absolute Gasteiger partial charge is 0.391 e. The lowest BCUT2D eigenvalue weighted by Gasteiger charge is -2.35. The van der Waals surface area contributed by atoms with E-state index in [0.717, 1.165) is 19.3 Å². The maximum absolute atomic E-state index is 13.0. The second-order valence-corrected chi connectivity index (χ2v) is 9.14. The highest BCUT2D eigenvalue weighted by molar-refractivity contribution is 7.92. The number of aliphatic hydroxyl groups is 1. The molecule has 0 radical (unpaired) electrons. The maximum atomic E-state index is 13.0. The predicted molar refractivity (Wildman–Crippen MR) is 109 cm³/mol. The molecule has 0 spiro atoms. The predicted octanol–water partition coefficient (Wildman–Crippen LogP) is 2.89. The van der Waals surface area contributed by atoms with E-state index in [1.807, 2.05) is 6.07 Å². The number of aliphatic hydroxyl groups excluding tert-OH is 1. The Morgan fingerprint density at radius 3 is 2.36 bits per heavy atom. The lowest BCUT2D eigenvalue weighted by atomic mass is 9.91. The third-order valence-electron chi connectivity index (χ3n) is 5.37. The normalized spacial score (nSPS) is 19.8. The van der Waals surface area contributed by atoms with Crippen molar-refractivity contribution in [1.29, 1.82) is 0 Å². The molecule has 0 heterocycles. The van der Waals surface area contributed by atoms with Crippen LogP contribution in [-0.4, -0.2) is 50.6 Å². The average molecular weight is 403 g/mol. The van der Waals surface area contributed by atoms with Gasteiger partial charge in [-0.15, -0.1) is 0 Å². The maximum Gasteiger partial charge on any atom is 0.264 e. The molecule has 28 heavy (non-hydrogen) atoms. The summed E-state index contributed by atoms with van der Waals surface area (Å²) in [7, 11) is -0.641. The summed E-state index contributed by atoms with van der Waals surface area (Å²) in [6.45, 7) is 0. The molecular weight excluding hydrogens is 376 g/mol. The van der Waals surface area contributed by atoms with Crippen LogP contribution in [0, 0.1) is 0 Å². The lowest BCUT2D eigenvalue weighted by molar-refractivity contribution is 0.0268. The van der Waals surface area contributed by atoms with Gasteiger partial charge in [0.1, 0.15) is 0 Å². The highest BCUT2D eigenvalue weighted by atomic mass is 32.2. The molecule has 1 fully saturated rings. The first-order valence-electron chi connectivity index (χ1n) is 9.41. The van der Waals surface area contributed by atoms with Crippen LogP contribution in [0.3, 0.4) is 0 Å². The number of anilines is 1. The van der Waals surface area contributed by atoms with Crippen LogP contribution in [0.5, 0.6) is 0 Å². The van der Waals surface area contributed by atoms with E-state index in [4.69, 9.17) is 0 Å². The van der Waals surface area contributed by atoms with E-state index in [1.54, 1.807) is 43.4 Å². The van der Waals surface area contributed by atoms with Gasteiger partial charge in [-0.3, -0.25) is 9.10 Å². The molecule has 2 atom stereocenters. The number of hydrogen-bond acceptors (Lipinski definition) is 4. The summed E-state index contributed by atoms with van der Waals surface area (Å²) in [6.07, 6.45) is 2.81. The van der Waals surface area contributed by atoms with Crippen molar-refractivity contribution in [3.63, 3.8) is 0 Å². The van der Waals surface area contributed by atoms with Crippen molar-refractivity contribution in [1.82, 2.24) is 4.90 Å². The molecule has 6 nitrogen and oxygen atoms in total. The van der Waals surface area contributed by atoms with Gasteiger partial charge in [0.15, 0.2) is 0 Å². The molecule has 2 aromatic rings. The van der Waals surface area contributed by atoms with Gasteiger partial charge < -0.3 is 10.0 Å². The smallest absolute Gasteiger partial charge is 0.264 e. The summed E-state index contributed by atoms with van der Waals surface area (Å²) in [5.74, 6) is -0.287. The topological polar surface area (TPSA) is 77.9 Å². The first-order chi connectivity index (χ1) is 13.3. The van der Waals surface area contributed by atoms with Crippen LogP contribution in [0.15, 0.2) is 59.5 Å². The van der Waals surface area contributed by atoms with Crippen molar-refractivity contribution in [2.24, 2.45) is 0 Å². The van der Waals surface area contributed by atoms with Gasteiger partial charge in [0.05, 0.1) is 22.7 Å². The fourth-order valence-electron chi connectivity index (χ4n) is 3.62. The average Bonchev–Trinajstić information content (AvgIpc) is 2.73. The van der Waals surface area contributed by atoms with E-state index in [1.165, 1.54) is 28.4 Å². The summed E-state index contributed by atoms with van der Waals surface area (Å²) in [5.41, 5.74) is 0.837. The summed E-state index contributed by atoms with van der Waals surface area (Å²) in [6, 6.07) is 14.6. The van der Waals surface area contributed by atoms with Crippen LogP contribution in [0.1, 0.15) is 36.0 Å². The Morgan fingerprint density at radius 2 is 1.68 bits per heavy atom.